The zero-order chi connectivity index (χ0) is 14.3. The monoisotopic (exact) mass is 266 g/mol. The fourth-order valence-corrected chi connectivity index (χ4v) is 2.42. The molecule has 3 rings (SSSR count). The van der Waals surface area contributed by atoms with Crippen LogP contribution in [0.5, 0.6) is 0 Å². The van der Waals surface area contributed by atoms with E-state index in [1.54, 1.807) is 12.3 Å². The minimum absolute atomic E-state index is 0.309. The Balaban J connectivity index is 2.34. The van der Waals surface area contributed by atoms with Crippen molar-refractivity contribution in [3.63, 3.8) is 0 Å². The third-order valence-corrected chi connectivity index (χ3v) is 3.42. The van der Waals surface area contributed by atoms with Crippen molar-refractivity contribution in [2.75, 3.05) is 0 Å². The maximum atomic E-state index is 11.5. The molecule has 4 heteroatoms. The highest BCUT2D eigenvalue weighted by atomic mass is 16.4. The van der Waals surface area contributed by atoms with Gasteiger partial charge in [-0.25, -0.2) is 9.78 Å². The number of benzene rings is 2. The molecule has 4 nitrogen and oxygen atoms in total. The van der Waals surface area contributed by atoms with Crippen LogP contribution < -0.4 is 0 Å². The molecule has 0 unspecified atom stereocenters. The smallest absolute Gasteiger partial charge is 0.336 e. The summed E-state index contributed by atoms with van der Waals surface area (Å²) in [6.45, 7) is 1.96. The van der Waals surface area contributed by atoms with Crippen molar-refractivity contribution in [1.82, 2.24) is 9.55 Å². The molecule has 20 heavy (non-hydrogen) atoms. The number of carbonyl (C=O) groups is 1. The van der Waals surface area contributed by atoms with Crippen molar-refractivity contribution < 1.29 is 9.90 Å². The van der Waals surface area contributed by atoms with Gasteiger partial charge in [-0.3, -0.25) is 0 Å². The van der Waals surface area contributed by atoms with Crippen molar-refractivity contribution in [2.45, 2.75) is 6.92 Å². The Bertz CT molecular complexity index is 818. The Kier molecular flexibility index (Phi) is 2.79. The van der Waals surface area contributed by atoms with E-state index in [-0.39, 0.29) is 0 Å². The molecule has 2 aromatic carbocycles. The highest BCUT2D eigenvalue weighted by Crippen LogP contribution is 2.27. The largest absolute Gasteiger partial charge is 0.478 e. The van der Waals surface area contributed by atoms with Crippen LogP contribution in [0.2, 0.25) is 0 Å². The summed E-state index contributed by atoms with van der Waals surface area (Å²) in [5, 5.41) is 11.1. The van der Waals surface area contributed by atoms with Crippen molar-refractivity contribution in [3.8, 4) is 11.4 Å². The van der Waals surface area contributed by atoms with Gasteiger partial charge in [0.1, 0.15) is 5.82 Å². The first-order valence-corrected chi connectivity index (χ1v) is 6.31. The molecule has 0 aliphatic rings. The number of nitrogens with zero attached hydrogens (tertiary/aromatic N) is 2. The van der Waals surface area contributed by atoms with Gasteiger partial charge in [0.25, 0.3) is 0 Å². The van der Waals surface area contributed by atoms with E-state index >= 15 is 0 Å². The molecule has 0 spiro atoms. The number of carboxylic acid groups (broad SMARTS) is 1. The van der Waals surface area contributed by atoms with E-state index in [2.05, 4.69) is 4.98 Å². The van der Waals surface area contributed by atoms with Crippen molar-refractivity contribution in [3.05, 3.63) is 53.9 Å². The van der Waals surface area contributed by atoms with Crippen molar-refractivity contribution in [1.29, 1.82) is 0 Å². The van der Waals surface area contributed by atoms with Gasteiger partial charge in [0.05, 0.1) is 5.56 Å². The Morgan fingerprint density at radius 1 is 1.25 bits per heavy atom. The minimum atomic E-state index is -0.920. The first-order chi connectivity index (χ1) is 9.56. The third-order valence-electron chi connectivity index (χ3n) is 3.42. The van der Waals surface area contributed by atoms with Gasteiger partial charge < -0.3 is 9.67 Å². The molecule has 3 aromatic rings. The number of aromatic nitrogens is 2. The molecule has 0 saturated heterocycles. The van der Waals surface area contributed by atoms with Crippen LogP contribution in [0.4, 0.5) is 0 Å². The minimum Gasteiger partial charge on any atom is -0.478 e. The molecule has 1 N–H and O–H groups in total. The van der Waals surface area contributed by atoms with Gasteiger partial charge in [-0.05, 0) is 29.8 Å². The summed E-state index contributed by atoms with van der Waals surface area (Å²) in [5.41, 5.74) is 2.17. The van der Waals surface area contributed by atoms with Gasteiger partial charge in [0, 0.05) is 25.0 Å². The lowest BCUT2D eigenvalue weighted by Crippen LogP contribution is -2.00. The summed E-state index contributed by atoms with van der Waals surface area (Å²) in [6.07, 6.45) is 3.55. The summed E-state index contributed by atoms with van der Waals surface area (Å²) in [7, 11) is 1.89. The van der Waals surface area contributed by atoms with Gasteiger partial charge >= 0.3 is 5.97 Å². The summed E-state index contributed by atoms with van der Waals surface area (Å²) < 4.78 is 1.88. The number of hydrogen-bond acceptors (Lipinski definition) is 2. The Morgan fingerprint density at radius 3 is 2.70 bits per heavy atom. The number of aromatic carboxylic acids is 1. The van der Waals surface area contributed by atoms with Gasteiger partial charge in [-0.15, -0.1) is 0 Å². The first-order valence-electron chi connectivity index (χ1n) is 6.31. The van der Waals surface area contributed by atoms with Crippen molar-refractivity contribution in [2.24, 2.45) is 7.05 Å². The standard InChI is InChI=1S/C16H14N2O2/c1-10-3-4-11-8-12(15-17-5-6-18(15)2)9-14(16(19)20)13(11)7-10/h3-9H,1-2H3,(H,19,20). The second kappa shape index (κ2) is 4.49. The predicted octanol–water partition coefficient (Wildman–Crippen LogP) is 3.25. The molecule has 0 atom stereocenters. The number of aryl methyl sites for hydroxylation is 2. The van der Waals surface area contributed by atoms with Gasteiger partial charge in [0.2, 0.25) is 0 Å². The van der Waals surface area contributed by atoms with E-state index in [1.165, 1.54) is 0 Å². The first kappa shape index (κ1) is 12.4. The molecule has 100 valence electrons. The highest BCUT2D eigenvalue weighted by molar-refractivity contribution is 6.05. The Hall–Kier alpha value is -2.62. The van der Waals surface area contributed by atoms with Crippen LogP contribution in [0.1, 0.15) is 15.9 Å². The van der Waals surface area contributed by atoms with Crippen LogP contribution in [0.25, 0.3) is 22.2 Å². The van der Waals surface area contributed by atoms with Crippen LogP contribution in [0, 0.1) is 6.92 Å². The molecule has 0 aliphatic heterocycles. The molecule has 1 aromatic heterocycles. The lowest BCUT2D eigenvalue weighted by atomic mass is 9.99. The fraction of sp³-hybridized carbons (Fsp3) is 0.125. The average Bonchev–Trinajstić information content (AvgIpc) is 2.83. The molecule has 0 aliphatic carbocycles. The summed E-state index contributed by atoms with van der Waals surface area (Å²) in [6, 6.07) is 9.50. The SMILES string of the molecule is Cc1ccc2cc(-c3nccn3C)cc(C(=O)O)c2c1. The van der Waals surface area contributed by atoms with Crippen LogP contribution >= 0.6 is 0 Å². The zero-order valence-electron chi connectivity index (χ0n) is 11.3. The quantitative estimate of drug-likeness (QED) is 0.774. The molecule has 0 radical (unpaired) electrons. The third kappa shape index (κ3) is 1.95. The molecule has 0 bridgehead atoms. The number of rotatable bonds is 2. The molecule has 1 heterocycles. The van der Waals surface area contributed by atoms with E-state index in [0.29, 0.717) is 5.56 Å². The maximum absolute atomic E-state index is 11.5. The van der Waals surface area contributed by atoms with Crippen LogP contribution in [0.3, 0.4) is 0 Å². The van der Waals surface area contributed by atoms with Crippen molar-refractivity contribution >= 4 is 16.7 Å². The summed E-state index contributed by atoms with van der Waals surface area (Å²) >= 11 is 0. The zero-order valence-corrected chi connectivity index (χ0v) is 11.3. The van der Waals surface area contributed by atoms with E-state index in [4.69, 9.17) is 0 Å². The second-order valence-corrected chi connectivity index (χ2v) is 4.92. The fourth-order valence-electron chi connectivity index (χ4n) is 2.42. The Labute approximate surface area is 116 Å². The highest BCUT2D eigenvalue weighted by Gasteiger charge is 2.13. The predicted molar refractivity (Wildman–Crippen MR) is 77.8 cm³/mol. The number of carboxylic acids is 1. The average molecular weight is 266 g/mol. The molecular formula is C16H14N2O2. The van der Waals surface area contributed by atoms with E-state index in [9.17, 15) is 9.90 Å². The number of fused-ring (bicyclic) bond motifs is 1. The summed E-state index contributed by atoms with van der Waals surface area (Å²) in [5.74, 6) is -0.161. The van der Waals surface area contributed by atoms with Crippen LogP contribution in [-0.4, -0.2) is 20.6 Å². The van der Waals surface area contributed by atoms with Crippen LogP contribution in [0.15, 0.2) is 42.7 Å². The molecule has 0 saturated carbocycles. The van der Waals surface area contributed by atoms with E-state index in [0.717, 1.165) is 27.7 Å². The number of hydrogen-bond donors (Lipinski definition) is 1. The molecular weight excluding hydrogens is 252 g/mol. The van der Waals surface area contributed by atoms with Gasteiger partial charge in [-0.2, -0.15) is 0 Å². The normalized spacial score (nSPS) is 10.9. The second-order valence-electron chi connectivity index (χ2n) is 4.92. The van der Waals surface area contributed by atoms with Gasteiger partial charge in [-0.1, -0.05) is 23.8 Å². The lowest BCUT2D eigenvalue weighted by molar-refractivity contribution is 0.0699. The lowest BCUT2D eigenvalue weighted by Gasteiger charge is -2.08. The number of imidazole rings is 1. The van der Waals surface area contributed by atoms with Crippen LogP contribution in [-0.2, 0) is 7.05 Å². The Morgan fingerprint density at radius 2 is 2.05 bits per heavy atom. The molecule has 0 fully saturated rings. The summed E-state index contributed by atoms with van der Waals surface area (Å²) in [4.78, 5) is 15.8. The van der Waals surface area contributed by atoms with Gasteiger partial charge in [0.15, 0.2) is 0 Å². The van der Waals surface area contributed by atoms with E-state index < -0.39 is 5.97 Å². The molecule has 0 amide bonds. The topological polar surface area (TPSA) is 55.1 Å². The maximum Gasteiger partial charge on any atom is 0.336 e. The van der Waals surface area contributed by atoms with E-state index in [1.807, 2.05) is 49.0 Å².